The molecule has 0 atom stereocenters. The van der Waals surface area contributed by atoms with Gasteiger partial charge < -0.3 is 4.90 Å². The Labute approximate surface area is 60.1 Å². The second-order valence-corrected chi connectivity index (χ2v) is 1.96. The molecule has 52 valence electrons. The molecule has 0 aromatic heterocycles. The quantitative estimate of drug-likeness (QED) is 0.429. The predicted octanol–water partition coefficient (Wildman–Crippen LogP) is 0.870. The van der Waals surface area contributed by atoms with Crippen molar-refractivity contribution < 1.29 is 4.79 Å². The highest BCUT2D eigenvalue weighted by Crippen LogP contribution is 1.86. The Morgan fingerprint density at radius 1 is 1.89 bits per heavy atom. The number of likely N-dealkylation sites (N-methyl/N-ethyl adjacent to an activating group) is 1. The number of amides is 1. The maximum absolute atomic E-state index is 10.6. The average Bonchev–Trinajstić information content (AvgIpc) is 1.87. The molecule has 0 heterocycles. The van der Waals surface area contributed by atoms with Gasteiger partial charge in [0.15, 0.2) is 0 Å². The summed E-state index contributed by atoms with van der Waals surface area (Å²) in [4.78, 5) is 12.2. The van der Waals surface area contributed by atoms with Crippen LogP contribution in [0.3, 0.4) is 0 Å². The van der Waals surface area contributed by atoms with Crippen LogP contribution in [0, 0.1) is 0 Å². The second kappa shape index (κ2) is 4.39. The molecule has 0 aromatic rings. The van der Waals surface area contributed by atoms with E-state index in [-0.39, 0.29) is 11.8 Å². The summed E-state index contributed by atoms with van der Waals surface area (Å²) in [6, 6.07) is 0. The lowest BCUT2D eigenvalue weighted by Gasteiger charge is -2.11. The summed E-state index contributed by atoms with van der Waals surface area (Å²) < 4.78 is 0. The van der Waals surface area contributed by atoms with Gasteiger partial charge in [0.1, 0.15) is 5.88 Å². The number of nitrogens with zero attached hydrogens (tertiary/aromatic N) is 1. The molecule has 3 heteroatoms. The number of hydrogen-bond donors (Lipinski definition) is 0. The van der Waals surface area contributed by atoms with Crippen LogP contribution in [0.15, 0.2) is 12.7 Å². The van der Waals surface area contributed by atoms with E-state index in [1.165, 1.54) is 4.90 Å². The topological polar surface area (TPSA) is 20.3 Å². The van der Waals surface area contributed by atoms with Gasteiger partial charge in [0.05, 0.1) is 0 Å². The summed E-state index contributed by atoms with van der Waals surface area (Å²) in [6.07, 6.45) is 1.66. The summed E-state index contributed by atoms with van der Waals surface area (Å²) >= 11 is 5.26. The predicted molar refractivity (Wildman–Crippen MR) is 38.6 cm³/mol. The molecule has 0 aliphatic rings. The Morgan fingerprint density at radius 3 is 2.78 bits per heavy atom. The standard InChI is InChI=1S/C6H10ClNO/c1-3-4-8(2)6(9)5-7/h3H,1,4-5H2,2H3. The zero-order valence-electron chi connectivity index (χ0n) is 5.43. The van der Waals surface area contributed by atoms with Crippen molar-refractivity contribution in [3.05, 3.63) is 12.7 Å². The molecule has 0 aromatic carbocycles. The van der Waals surface area contributed by atoms with E-state index in [1.54, 1.807) is 13.1 Å². The summed E-state index contributed by atoms with van der Waals surface area (Å²) in [5.74, 6) is -0.0267. The van der Waals surface area contributed by atoms with Gasteiger partial charge in [0, 0.05) is 13.6 Å². The van der Waals surface area contributed by atoms with E-state index in [0.29, 0.717) is 6.54 Å². The minimum Gasteiger partial charge on any atom is -0.341 e. The molecule has 0 bridgehead atoms. The molecular formula is C6H10ClNO. The van der Waals surface area contributed by atoms with Crippen molar-refractivity contribution in [2.24, 2.45) is 0 Å². The van der Waals surface area contributed by atoms with Crippen LogP contribution in [0.25, 0.3) is 0 Å². The Morgan fingerprint density at radius 2 is 2.44 bits per heavy atom. The van der Waals surface area contributed by atoms with E-state index in [0.717, 1.165) is 0 Å². The van der Waals surface area contributed by atoms with Crippen molar-refractivity contribution in [2.45, 2.75) is 0 Å². The van der Waals surface area contributed by atoms with Crippen molar-refractivity contribution >= 4 is 17.5 Å². The minimum absolute atomic E-state index is 0.0460. The van der Waals surface area contributed by atoms with Crippen LogP contribution < -0.4 is 0 Å². The summed E-state index contributed by atoms with van der Waals surface area (Å²) in [6.45, 7) is 4.04. The monoisotopic (exact) mass is 147 g/mol. The van der Waals surface area contributed by atoms with E-state index in [9.17, 15) is 4.79 Å². The molecule has 0 radical (unpaired) electrons. The zero-order valence-corrected chi connectivity index (χ0v) is 6.19. The number of halogens is 1. The van der Waals surface area contributed by atoms with E-state index in [4.69, 9.17) is 11.6 Å². The van der Waals surface area contributed by atoms with Gasteiger partial charge in [-0.05, 0) is 0 Å². The van der Waals surface area contributed by atoms with Gasteiger partial charge in [-0.25, -0.2) is 0 Å². The largest absolute Gasteiger partial charge is 0.341 e. The first-order valence-corrected chi connectivity index (χ1v) is 3.16. The van der Waals surface area contributed by atoms with Gasteiger partial charge in [0.2, 0.25) is 5.91 Å². The molecule has 0 saturated carbocycles. The Balaban J connectivity index is 3.58. The van der Waals surface area contributed by atoms with Gasteiger partial charge >= 0.3 is 0 Å². The van der Waals surface area contributed by atoms with Crippen LogP contribution in [0.1, 0.15) is 0 Å². The molecule has 9 heavy (non-hydrogen) atoms. The molecule has 0 rings (SSSR count). The highest BCUT2D eigenvalue weighted by Gasteiger charge is 2.02. The lowest BCUT2D eigenvalue weighted by molar-refractivity contribution is -0.126. The second-order valence-electron chi connectivity index (χ2n) is 1.70. The number of rotatable bonds is 3. The normalized spacial score (nSPS) is 8.67. The SMILES string of the molecule is C=CCN(C)C(=O)CCl. The molecule has 2 nitrogen and oxygen atoms in total. The van der Waals surface area contributed by atoms with E-state index in [1.807, 2.05) is 0 Å². The number of alkyl halides is 1. The van der Waals surface area contributed by atoms with E-state index in [2.05, 4.69) is 6.58 Å². The first kappa shape index (κ1) is 8.50. The molecule has 0 N–H and O–H groups in total. The average molecular weight is 148 g/mol. The van der Waals surface area contributed by atoms with Crippen LogP contribution in [0.5, 0.6) is 0 Å². The van der Waals surface area contributed by atoms with Crippen LogP contribution >= 0.6 is 11.6 Å². The third kappa shape index (κ3) is 3.14. The molecule has 0 aliphatic heterocycles. The number of carbonyl (C=O) groups excluding carboxylic acids is 1. The highest BCUT2D eigenvalue weighted by molar-refractivity contribution is 6.27. The van der Waals surface area contributed by atoms with Gasteiger partial charge in [-0.1, -0.05) is 6.08 Å². The van der Waals surface area contributed by atoms with Gasteiger partial charge in [-0.2, -0.15) is 0 Å². The van der Waals surface area contributed by atoms with Crippen LogP contribution in [-0.4, -0.2) is 30.3 Å². The lowest BCUT2D eigenvalue weighted by atomic mass is 10.5. The summed E-state index contributed by atoms with van der Waals surface area (Å²) in [5, 5.41) is 0. The molecule has 0 fully saturated rings. The van der Waals surface area contributed by atoms with Crippen molar-refractivity contribution in [3.8, 4) is 0 Å². The lowest BCUT2D eigenvalue weighted by Crippen LogP contribution is -2.27. The van der Waals surface area contributed by atoms with Crippen molar-refractivity contribution in [1.29, 1.82) is 0 Å². The fraction of sp³-hybridized carbons (Fsp3) is 0.500. The summed E-state index contributed by atoms with van der Waals surface area (Å²) in [7, 11) is 1.69. The third-order valence-corrected chi connectivity index (χ3v) is 1.17. The highest BCUT2D eigenvalue weighted by atomic mass is 35.5. The minimum atomic E-state index is -0.0726. The Bertz CT molecular complexity index is 114. The van der Waals surface area contributed by atoms with Crippen LogP contribution in [-0.2, 0) is 4.79 Å². The Hall–Kier alpha value is -0.500. The molecular weight excluding hydrogens is 138 g/mol. The Kier molecular flexibility index (Phi) is 4.14. The smallest absolute Gasteiger partial charge is 0.237 e. The summed E-state index contributed by atoms with van der Waals surface area (Å²) in [5.41, 5.74) is 0. The number of hydrogen-bond acceptors (Lipinski definition) is 1. The first-order valence-electron chi connectivity index (χ1n) is 2.63. The first-order chi connectivity index (χ1) is 4.22. The van der Waals surface area contributed by atoms with Crippen LogP contribution in [0.4, 0.5) is 0 Å². The molecule has 0 aliphatic carbocycles. The fourth-order valence-electron chi connectivity index (χ4n) is 0.397. The van der Waals surface area contributed by atoms with Gasteiger partial charge in [-0.3, -0.25) is 4.79 Å². The fourth-order valence-corrected chi connectivity index (χ4v) is 0.602. The molecule has 0 saturated heterocycles. The third-order valence-electron chi connectivity index (χ3n) is 0.943. The molecule has 0 spiro atoms. The van der Waals surface area contributed by atoms with Gasteiger partial charge in [0.25, 0.3) is 0 Å². The van der Waals surface area contributed by atoms with Crippen LogP contribution in [0.2, 0.25) is 0 Å². The van der Waals surface area contributed by atoms with Crippen molar-refractivity contribution in [3.63, 3.8) is 0 Å². The van der Waals surface area contributed by atoms with E-state index < -0.39 is 0 Å². The van der Waals surface area contributed by atoms with Gasteiger partial charge in [-0.15, -0.1) is 18.2 Å². The maximum Gasteiger partial charge on any atom is 0.237 e. The zero-order chi connectivity index (χ0) is 7.28. The molecule has 1 amide bonds. The van der Waals surface area contributed by atoms with E-state index >= 15 is 0 Å². The molecule has 0 unspecified atom stereocenters. The maximum atomic E-state index is 10.6. The van der Waals surface area contributed by atoms with Crippen molar-refractivity contribution in [1.82, 2.24) is 4.90 Å². The van der Waals surface area contributed by atoms with Crippen molar-refractivity contribution in [2.75, 3.05) is 19.5 Å². The number of carbonyl (C=O) groups is 1.